The monoisotopic (exact) mass is 1390 g/mol. The number of nitrogens with zero attached hydrogens (tertiary/aromatic N) is 3. The highest BCUT2D eigenvalue weighted by Gasteiger charge is 2.61. The molecule has 0 radical (unpaired) electrons. The molecule has 0 amide bonds. The van der Waals surface area contributed by atoms with Crippen molar-refractivity contribution in [1.82, 2.24) is 36.0 Å². The fourth-order valence-corrected chi connectivity index (χ4v) is 20.9. The van der Waals surface area contributed by atoms with Crippen LogP contribution in [0, 0.1) is 0 Å². The van der Waals surface area contributed by atoms with Crippen molar-refractivity contribution in [3.05, 3.63) is 0 Å². The van der Waals surface area contributed by atoms with Crippen molar-refractivity contribution in [2.24, 2.45) is 45.9 Å². The Morgan fingerprint density at radius 3 is 0.463 bits per heavy atom. The third-order valence-electron chi connectivity index (χ3n) is 8.38. The van der Waals surface area contributed by atoms with Gasteiger partial charge in [0.2, 0.25) is 27.6 Å². The Hall–Kier alpha value is 0.900. The van der Waals surface area contributed by atoms with Gasteiger partial charge >= 0.3 is 76.0 Å². The normalized spacial score (nSPS) is 13.6. The molecule has 80 heavy (non-hydrogen) atoms. The highest BCUT2D eigenvalue weighted by Crippen LogP contribution is 2.71. The molecule has 0 aromatic heterocycles. The van der Waals surface area contributed by atoms with Crippen LogP contribution in [0.5, 0.6) is 0 Å². The lowest BCUT2D eigenvalue weighted by molar-refractivity contribution is 0.141. The molecule has 0 heterocycles. The van der Waals surface area contributed by atoms with Gasteiger partial charge in [0.25, 0.3) is 0 Å². The zero-order valence-corrected chi connectivity index (χ0v) is 51.4. The molecule has 0 saturated heterocycles. The van der Waals surface area contributed by atoms with E-state index in [2.05, 4.69) is 21.3 Å². The number of hydrogen-bond acceptors (Lipinski definition) is 25. The van der Waals surface area contributed by atoms with Gasteiger partial charge in [-0.05, 0) is 0 Å². The summed E-state index contributed by atoms with van der Waals surface area (Å²) in [7, 11) is -66.1. The summed E-state index contributed by atoms with van der Waals surface area (Å²) in [4.78, 5) is 190. The summed E-state index contributed by atoms with van der Waals surface area (Å²) >= 11 is 0. The first-order chi connectivity index (χ1) is 35.8. The Morgan fingerprint density at radius 1 is 0.237 bits per heavy atom. The van der Waals surface area contributed by atoms with Crippen LogP contribution in [-0.2, 0) is 45.7 Å². The van der Waals surface area contributed by atoms with Crippen LogP contribution in [0.15, 0.2) is 0 Å². The second-order valence-electron chi connectivity index (χ2n) is 15.4. The molecule has 0 rings (SSSR count). The second kappa shape index (κ2) is 41.9. The minimum absolute atomic E-state index is 0.582. The predicted molar refractivity (Wildman–Crippen MR) is 288 cm³/mol. The van der Waals surface area contributed by atoms with E-state index in [1.807, 2.05) is 0 Å². The van der Waals surface area contributed by atoms with Crippen LogP contribution in [-0.4, -0.2) is 271 Å². The number of nitrogens with one attached hydrogen (secondary N) is 4. The predicted octanol–water partition coefficient (Wildman–Crippen LogP) is -10.9. The van der Waals surface area contributed by atoms with Crippen molar-refractivity contribution in [1.29, 1.82) is 0 Å². The van der Waals surface area contributed by atoms with E-state index in [-0.39, 0.29) is 0 Å². The van der Waals surface area contributed by atoms with E-state index in [1.54, 1.807) is 0 Å². The van der Waals surface area contributed by atoms with E-state index >= 15 is 0 Å². The highest BCUT2D eigenvalue weighted by atomic mass is 31.3. The lowest BCUT2D eigenvalue weighted by Crippen LogP contribution is -2.51. The van der Waals surface area contributed by atoms with Crippen molar-refractivity contribution < 1.29 is 144 Å². The van der Waals surface area contributed by atoms with E-state index < -0.39 is 144 Å². The Labute approximate surface area is 458 Å². The summed E-state index contributed by atoms with van der Waals surface area (Å²) in [5.74, 6) is 0. The molecule has 0 aliphatic rings. The molecule has 55 heteroatoms. The van der Waals surface area contributed by atoms with E-state index in [9.17, 15) is 144 Å². The third-order valence-corrected chi connectivity index (χ3v) is 26.4. The van der Waals surface area contributed by atoms with E-state index in [0.29, 0.717) is 52.4 Å². The Morgan fingerprint density at radius 2 is 0.362 bits per heavy atom. The van der Waals surface area contributed by atoms with E-state index in [1.165, 1.54) is 0 Å². The molecule has 0 aromatic carbocycles. The zero-order valence-electron chi connectivity index (χ0n) is 42.5. The van der Waals surface area contributed by atoms with Gasteiger partial charge in [0.15, 0.2) is 0 Å². The van der Waals surface area contributed by atoms with Gasteiger partial charge in [-0.15, -0.1) is 0 Å². The average molecular weight is 1390 g/mol. The van der Waals surface area contributed by atoms with E-state index in [0.717, 1.165) is 52.4 Å². The number of rotatable bonds is 37. The highest BCUT2D eigenvalue weighted by molar-refractivity contribution is 7.73. The topological polar surface area (TPSA) is 841 Å². The van der Waals surface area contributed by atoms with Crippen LogP contribution in [0.25, 0.3) is 0 Å². The van der Waals surface area contributed by atoms with Gasteiger partial charge in [-0.25, -0.2) is 0 Å². The maximum atomic E-state index is 12.3. The average Bonchev–Trinajstić information content (AvgIpc) is 3.21. The van der Waals surface area contributed by atoms with Crippen molar-refractivity contribution in [2.45, 2.75) is 27.6 Å². The molecule has 0 atom stereocenters. The number of hydrogen-bond donors (Lipinski definition) is 32. The van der Waals surface area contributed by atoms with E-state index in [4.69, 9.17) is 45.9 Å². The lowest BCUT2D eigenvalue weighted by Gasteiger charge is -2.41. The second-order valence-corrected chi connectivity index (χ2v) is 34.2. The third kappa shape index (κ3) is 41.9. The van der Waals surface area contributed by atoms with Crippen molar-refractivity contribution >= 4 is 76.0 Å². The maximum Gasteiger partial charge on any atom is 0.355 e. The SMILES string of the molecule is NCCNCCN.NCCNCCN.NCCNCCN.NCCNCCN.O=P(O)(O)C(N(CCN(C(P(=O)(O)O)P(=O)(O)O)C(P(=O)(O)O)P(=O)(O)O)CCN(C(P(=O)(O)O)P(=O)(O)O)C(P(=O)(O)O)P(=O)(O)O)P(=O)(O)O. The summed E-state index contributed by atoms with van der Waals surface area (Å²) in [6, 6.07) is 0. The molecule has 0 aliphatic carbocycles. The van der Waals surface area contributed by atoms with Gasteiger partial charge in [-0.2, -0.15) is 0 Å². The van der Waals surface area contributed by atoms with Gasteiger partial charge < -0.3 is 165 Å². The van der Waals surface area contributed by atoms with Crippen molar-refractivity contribution in [3.8, 4) is 0 Å². The molecule has 40 N–H and O–H groups in total. The van der Waals surface area contributed by atoms with Crippen LogP contribution in [0.2, 0.25) is 0 Å². The molecule has 0 aliphatic heterocycles. The van der Waals surface area contributed by atoms with Crippen molar-refractivity contribution in [2.75, 3.05) is 131 Å². The summed E-state index contributed by atoms with van der Waals surface area (Å²) in [6.45, 7) is 3.97. The van der Waals surface area contributed by atoms with Crippen molar-refractivity contribution in [3.63, 3.8) is 0 Å². The summed E-state index contributed by atoms with van der Waals surface area (Å²) in [6.07, 6.45) is 0. The summed E-state index contributed by atoms with van der Waals surface area (Å²) < 4.78 is 121. The summed E-state index contributed by atoms with van der Waals surface area (Å²) in [5.41, 5.74) is 21.4. The first-order valence-electron chi connectivity index (χ1n) is 22.1. The molecular weight excluding hydrogens is 1300 g/mol. The molecule has 490 valence electrons. The van der Waals surface area contributed by atoms with Gasteiger partial charge in [0.05, 0.1) is 0 Å². The minimum Gasteiger partial charge on any atom is -0.329 e. The van der Waals surface area contributed by atoms with Gasteiger partial charge in [0, 0.05) is 131 Å². The molecule has 0 fully saturated rings. The number of nitrogens with two attached hydrogens (primary N) is 8. The fraction of sp³-hybridized carbons (Fsp3) is 1.00. The fourth-order valence-electron chi connectivity index (χ4n) is 5.80. The van der Waals surface area contributed by atoms with Gasteiger partial charge in [-0.3, -0.25) is 60.4 Å². The first-order valence-corrected chi connectivity index (χ1v) is 38.9. The van der Waals surface area contributed by atoms with Crippen LogP contribution in [0.4, 0.5) is 0 Å². The lowest BCUT2D eigenvalue weighted by atomic mass is 10.4. The molecule has 0 bridgehead atoms. The van der Waals surface area contributed by atoms with Gasteiger partial charge in [0.1, 0.15) is 0 Å². The smallest absolute Gasteiger partial charge is 0.329 e. The quantitative estimate of drug-likeness (QED) is 0.0203. The van der Waals surface area contributed by atoms with Gasteiger partial charge in [-0.1, -0.05) is 0 Å². The maximum absolute atomic E-state index is 12.3. The minimum atomic E-state index is -6.63. The van der Waals surface area contributed by atoms with Crippen LogP contribution < -0.4 is 67.1 Å². The van der Waals surface area contributed by atoms with Crippen LogP contribution >= 0.6 is 76.0 Å². The van der Waals surface area contributed by atoms with Crippen LogP contribution in [0.3, 0.4) is 0 Å². The largest absolute Gasteiger partial charge is 0.355 e. The Kier molecular flexibility index (Phi) is 47.0. The standard InChI is InChI=1S/C9H33N3O30P10.4C4H13N3/c13-43(14,15)5(44(16,17)18)10(1-3-11(6(45(19,20)21)46(22,23)24)7(47(25,26)27)48(28,29)30)2-4-12(8(49(31,32)33)50(34,35)36)9(51(37,38)39)52(40,41)42;4*5-1-3-7-4-2-6/h5-9H,1-4H2,(H2,13,14,15)(H2,16,17,18)(H2,19,20,21)(H2,22,23,24)(H2,25,26,27)(H2,28,29,30)(H2,31,32,33)(H2,34,35,36)(H2,37,38,39)(H2,40,41,42);4*7H,1-6H2. The molecule has 45 nitrogen and oxygen atoms in total. The Bertz CT molecular complexity index is 1800. The molecule has 0 saturated carbocycles. The molecule has 0 spiro atoms. The zero-order chi connectivity index (χ0) is 64.6. The molecule has 0 aromatic rings. The molecular formula is C25H85N15O30P10. The Balaban J connectivity index is -0.000000538. The van der Waals surface area contributed by atoms with Crippen LogP contribution in [0.1, 0.15) is 0 Å². The summed E-state index contributed by atoms with van der Waals surface area (Å²) in [5, 5.41) is 12.1. The molecule has 0 unspecified atom stereocenters. The first kappa shape index (κ1) is 89.7.